The highest BCUT2D eigenvalue weighted by molar-refractivity contribution is 7.85. The molecule has 1 atom stereocenters. The Bertz CT molecular complexity index is 2310. The number of anilines is 1. The number of aliphatic hydroxyl groups is 1. The van der Waals surface area contributed by atoms with Crippen LogP contribution in [0.1, 0.15) is 122 Å². The first-order chi connectivity index (χ1) is 28.5. The molecule has 1 aliphatic carbocycles. The number of benzene rings is 2. The molecule has 0 fully saturated rings. The van der Waals surface area contributed by atoms with E-state index < -0.39 is 15.5 Å². The van der Waals surface area contributed by atoms with Gasteiger partial charge in [0.25, 0.3) is 10.1 Å². The smallest absolute Gasteiger partial charge is 0.264 e. The van der Waals surface area contributed by atoms with E-state index in [4.69, 9.17) is 9.47 Å². The average molecular weight is 838 g/mol. The van der Waals surface area contributed by atoms with Crippen molar-refractivity contribution in [3.05, 3.63) is 130 Å². The Morgan fingerprint density at radius 1 is 0.900 bits per heavy atom. The van der Waals surface area contributed by atoms with Gasteiger partial charge >= 0.3 is 0 Å². The number of rotatable bonds is 18. The van der Waals surface area contributed by atoms with Gasteiger partial charge in [0.1, 0.15) is 31.2 Å². The lowest BCUT2D eigenvalue weighted by molar-refractivity contribution is -0.671. The topological polar surface area (TPSA) is 103 Å². The zero-order chi connectivity index (χ0) is 43.4. The monoisotopic (exact) mass is 837 g/mol. The first-order valence-electron chi connectivity index (χ1n) is 21.7. The normalized spacial score (nSPS) is 19.0. The van der Waals surface area contributed by atoms with Gasteiger partial charge in [0.2, 0.25) is 5.69 Å². The predicted molar refractivity (Wildman–Crippen MR) is 242 cm³/mol. The Hall–Kier alpha value is -4.51. The molecule has 60 heavy (non-hydrogen) atoms. The van der Waals surface area contributed by atoms with E-state index in [0.717, 1.165) is 77.4 Å². The summed E-state index contributed by atoms with van der Waals surface area (Å²) in [6.45, 7) is 17.2. The minimum Gasteiger partial charge on any atom is -0.497 e. The van der Waals surface area contributed by atoms with E-state index in [0.29, 0.717) is 19.4 Å². The summed E-state index contributed by atoms with van der Waals surface area (Å²) in [6.07, 6.45) is 19.1. The second-order valence-corrected chi connectivity index (χ2v) is 19.6. The number of aromatic nitrogens is 1. The Labute approximate surface area is 359 Å². The molecule has 3 aromatic rings. The van der Waals surface area contributed by atoms with Crippen molar-refractivity contribution in [2.24, 2.45) is 13.0 Å². The quantitative estimate of drug-likeness (QED) is 0.0747. The van der Waals surface area contributed by atoms with Gasteiger partial charge in [-0.2, -0.15) is 13.0 Å². The van der Waals surface area contributed by atoms with Crippen LogP contribution in [0.2, 0.25) is 0 Å². The van der Waals surface area contributed by atoms with E-state index in [1.165, 1.54) is 29.0 Å². The summed E-state index contributed by atoms with van der Waals surface area (Å²) in [5, 5.41) is 10.0. The minimum absolute atomic E-state index is 0.0492. The van der Waals surface area contributed by atoms with E-state index in [1.54, 1.807) is 7.11 Å². The van der Waals surface area contributed by atoms with Crippen LogP contribution in [0, 0.1) is 5.92 Å². The molecule has 0 radical (unpaired) electrons. The van der Waals surface area contributed by atoms with Gasteiger partial charge < -0.3 is 19.5 Å². The Morgan fingerprint density at radius 3 is 2.32 bits per heavy atom. The van der Waals surface area contributed by atoms with E-state index in [-0.39, 0.29) is 29.8 Å². The number of fused-ring (bicyclic) bond motifs is 2. The molecule has 2 aromatic carbocycles. The molecule has 3 heterocycles. The molecule has 0 bridgehead atoms. The third-order valence-corrected chi connectivity index (χ3v) is 13.4. The minimum atomic E-state index is -4.04. The zero-order valence-electron chi connectivity index (χ0n) is 37.3. The molecule has 9 nitrogen and oxygen atoms in total. The molecule has 0 spiro atoms. The number of aryl methyl sites for hydroxylation is 1. The second-order valence-electron chi connectivity index (χ2n) is 18.0. The molecule has 1 unspecified atom stereocenters. The van der Waals surface area contributed by atoms with E-state index in [1.807, 2.05) is 17.7 Å². The number of aliphatic hydroxyl groups excluding tert-OH is 1. The molecular weight excluding hydrogens is 771 g/mol. The summed E-state index contributed by atoms with van der Waals surface area (Å²) in [6, 6.07) is 16.9. The highest BCUT2D eigenvalue weighted by Gasteiger charge is 2.45. The molecule has 2 aliphatic heterocycles. The van der Waals surface area contributed by atoms with Gasteiger partial charge in [0.05, 0.1) is 24.9 Å². The first-order valence-corrected chi connectivity index (χ1v) is 23.4. The fourth-order valence-corrected chi connectivity index (χ4v) is 9.68. The Morgan fingerprint density at radius 2 is 1.65 bits per heavy atom. The van der Waals surface area contributed by atoms with Crippen LogP contribution < -0.4 is 14.2 Å². The SMILES string of the molecule is CCCCC[N+]1=C(/C=C/C2=C(OC(c3cc[n+](C)cc3)C(C)C)C(=C/C=C3/N(CCCCS(=O)(=O)O)c4ccc(CO)cc4C3(C)C)/CC2)C(C)(C)c2cc(OC)ccc21. The van der Waals surface area contributed by atoms with Crippen molar-refractivity contribution in [2.75, 3.05) is 30.9 Å². The number of hydrogen-bond acceptors (Lipinski definition) is 6. The van der Waals surface area contributed by atoms with Gasteiger partial charge in [-0.3, -0.25) is 4.55 Å². The molecule has 0 saturated carbocycles. The number of ether oxygens (including phenoxy) is 2. The molecule has 6 rings (SSSR count). The van der Waals surface area contributed by atoms with Crippen LogP contribution in [-0.2, 0) is 39.3 Å². The summed E-state index contributed by atoms with van der Waals surface area (Å²) in [5.74, 6) is 1.72. The third kappa shape index (κ3) is 9.66. The maximum absolute atomic E-state index is 11.6. The van der Waals surface area contributed by atoms with Crippen molar-refractivity contribution in [1.82, 2.24) is 0 Å². The van der Waals surface area contributed by atoms with Gasteiger partial charge in [-0.05, 0) is 104 Å². The lowest BCUT2D eigenvalue weighted by Crippen LogP contribution is -2.28. The number of nitrogens with zero attached hydrogens (tertiary/aromatic N) is 3. The van der Waals surface area contributed by atoms with Crippen LogP contribution in [0.25, 0.3) is 0 Å². The van der Waals surface area contributed by atoms with Crippen LogP contribution in [0.15, 0.2) is 108 Å². The Kier molecular flexibility index (Phi) is 14.0. The first kappa shape index (κ1) is 45.0. The standard InChI is InChI=1S/C50H66N3O6S/c1-10-11-12-27-52-44-22-20-40(58-9)33-42(44)50(6,7)46(52)24-19-38-17-16-37(48(38)59-47(35(2)3)39-25-29-51(8)30-26-39)18-23-45-49(4,5)41-32-36(34-54)15-21-43(41)53(45)28-13-14-31-60(55,56)57/h15,18-26,29-30,32-33,35,47,54H,10-14,16-17,27-28,31,34H2,1-9H3/q+1/p+1. The second kappa shape index (κ2) is 18.6. The number of allylic oxidation sites excluding steroid dienone is 7. The summed E-state index contributed by atoms with van der Waals surface area (Å²) in [7, 11) is -0.289. The molecular formula is C50H67N3O6S+2. The van der Waals surface area contributed by atoms with Gasteiger partial charge in [-0.1, -0.05) is 59.2 Å². The largest absolute Gasteiger partial charge is 0.497 e. The van der Waals surface area contributed by atoms with Crippen molar-refractivity contribution in [1.29, 1.82) is 0 Å². The Balaban J connectivity index is 1.45. The lowest BCUT2D eigenvalue weighted by atomic mass is 9.81. The summed E-state index contributed by atoms with van der Waals surface area (Å²) in [4.78, 5) is 2.27. The van der Waals surface area contributed by atoms with Crippen LogP contribution in [0.4, 0.5) is 11.4 Å². The van der Waals surface area contributed by atoms with Crippen LogP contribution in [0.5, 0.6) is 5.75 Å². The van der Waals surface area contributed by atoms with E-state index >= 15 is 0 Å². The van der Waals surface area contributed by atoms with Crippen LogP contribution in [-0.4, -0.2) is 54.3 Å². The summed E-state index contributed by atoms with van der Waals surface area (Å²) >= 11 is 0. The number of unbranched alkanes of at least 4 members (excludes halogenated alkanes) is 3. The highest BCUT2D eigenvalue weighted by atomic mass is 32.2. The van der Waals surface area contributed by atoms with Crippen molar-refractivity contribution in [2.45, 2.75) is 117 Å². The lowest BCUT2D eigenvalue weighted by Gasteiger charge is -2.27. The van der Waals surface area contributed by atoms with Crippen molar-refractivity contribution < 1.29 is 36.7 Å². The number of pyridine rings is 1. The molecule has 2 N–H and O–H groups in total. The maximum Gasteiger partial charge on any atom is 0.264 e. The van der Waals surface area contributed by atoms with E-state index in [2.05, 4.69) is 137 Å². The number of methoxy groups -OCH3 is 1. The van der Waals surface area contributed by atoms with Crippen molar-refractivity contribution in [3.63, 3.8) is 0 Å². The molecule has 322 valence electrons. The van der Waals surface area contributed by atoms with E-state index in [9.17, 15) is 18.1 Å². The molecule has 1 aromatic heterocycles. The van der Waals surface area contributed by atoms with Crippen molar-refractivity contribution in [3.8, 4) is 5.75 Å². The van der Waals surface area contributed by atoms with Crippen LogP contribution in [0.3, 0.4) is 0 Å². The van der Waals surface area contributed by atoms with Gasteiger partial charge in [0, 0.05) is 65.2 Å². The van der Waals surface area contributed by atoms with Gasteiger partial charge in [0.15, 0.2) is 18.1 Å². The average Bonchev–Trinajstić information content (AvgIpc) is 3.76. The van der Waals surface area contributed by atoms with Gasteiger partial charge in [-0.15, -0.1) is 0 Å². The van der Waals surface area contributed by atoms with Crippen molar-refractivity contribution >= 4 is 27.2 Å². The summed E-state index contributed by atoms with van der Waals surface area (Å²) < 4.78 is 50.0. The fraction of sp³-hybridized carbons (Fsp3) is 0.480. The zero-order valence-corrected chi connectivity index (χ0v) is 38.1. The molecule has 3 aliphatic rings. The number of hydrogen-bond donors (Lipinski definition) is 2. The predicted octanol–water partition coefficient (Wildman–Crippen LogP) is 9.87. The summed E-state index contributed by atoms with van der Waals surface area (Å²) in [5.41, 5.74) is 10.7. The van der Waals surface area contributed by atoms with Gasteiger partial charge in [-0.25, -0.2) is 4.57 Å². The highest BCUT2D eigenvalue weighted by Crippen LogP contribution is 2.49. The third-order valence-electron chi connectivity index (χ3n) is 12.6. The molecule has 0 saturated heterocycles. The molecule has 10 heteroatoms. The molecule has 0 amide bonds. The fourth-order valence-electron chi connectivity index (χ4n) is 9.11. The maximum atomic E-state index is 11.6. The van der Waals surface area contributed by atoms with Crippen LogP contribution >= 0.6 is 0 Å².